The van der Waals surface area contributed by atoms with Crippen LogP contribution in [0.2, 0.25) is 0 Å². The maximum Gasteiger partial charge on any atom is 0.255 e. The first-order valence-electron chi connectivity index (χ1n) is 11.0. The highest BCUT2D eigenvalue weighted by Crippen LogP contribution is 2.24. The second kappa shape index (κ2) is 9.22. The minimum absolute atomic E-state index is 0.0884. The minimum atomic E-state index is 0.0884. The van der Waals surface area contributed by atoms with Crippen molar-refractivity contribution in [3.8, 4) is 0 Å². The number of hydrogen-bond donors (Lipinski definition) is 0. The van der Waals surface area contributed by atoms with Crippen molar-refractivity contribution in [2.45, 2.75) is 39.9 Å². The SMILES string of the molecule is CC(C)[C@H](C)N(Cc1cccn1Cc1ccccc1)C(=O)c1cccc2ccccc12. The molecule has 158 valence electrons. The van der Waals surface area contributed by atoms with Gasteiger partial charge in [-0.2, -0.15) is 0 Å². The Labute approximate surface area is 184 Å². The molecule has 0 aliphatic rings. The molecule has 1 heterocycles. The Morgan fingerprint density at radius 1 is 0.839 bits per heavy atom. The van der Waals surface area contributed by atoms with E-state index in [2.05, 4.69) is 80.1 Å². The van der Waals surface area contributed by atoms with Crippen LogP contribution in [-0.2, 0) is 13.1 Å². The van der Waals surface area contributed by atoms with Gasteiger partial charge in [-0.1, -0.05) is 80.6 Å². The van der Waals surface area contributed by atoms with E-state index in [1.807, 2.05) is 41.3 Å². The number of carbonyl (C=O) groups is 1. The monoisotopic (exact) mass is 410 g/mol. The van der Waals surface area contributed by atoms with Crippen molar-refractivity contribution >= 4 is 16.7 Å². The topological polar surface area (TPSA) is 25.2 Å². The molecule has 0 saturated heterocycles. The van der Waals surface area contributed by atoms with Gasteiger partial charge >= 0.3 is 0 Å². The van der Waals surface area contributed by atoms with Crippen molar-refractivity contribution in [2.75, 3.05) is 0 Å². The molecule has 3 heteroatoms. The largest absolute Gasteiger partial charge is 0.345 e. The summed E-state index contributed by atoms with van der Waals surface area (Å²) in [5.74, 6) is 0.446. The van der Waals surface area contributed by atoms with Gasteiger partial charge in [0.1, 0.15) is 0 Å². The van der Waals surface area contributed by atoms with Crippen molar-refractivity contribution in [2.24, 2.45) is 5.92 Å². The fraction of sp³-hybridized carbons (Fsp3) is 0.250. The number of fused-ring (bicyclic) bond motifs is 1. The zero-order chi connectivity index (χ0) is 21.8. The van der Waals surface area contributed by atoms with Crippen molar-refractivity contribution in [3.05, 3.63) is 108 Å². The van der Waals surface area contributed by atoms with Crippen LogP contribution >= 0.6 is 0 Å². The van der Waals surface area contributed by atoms with Gasteiger partial charge in [-0.15, -0.1) is 0 Å². The van der Waals surface area contributed by atoms with Gasteiger partial charge in [0.05, 0.1) is 6.54 Å². The predicted molar refractivity (Wildman–Crippen MR) is 128 cm³/mol. The Balaban J connectivity index is 1.67. The third kappa shape index (κ3) is 4.56. The first-order chi connectivity index (χ1) is 15.0. The zero-order valence-corrected chi connectivity index (χ0v) is 18.5. The number of aromatic nitrogens is 1. The van der Waals surface area contributed by atoms with E-state index in [-0.39, 0.29) is 11.9 Å². The van der Waals surface area contributed by atoms with Gasteiger partial charge in [0.25, 0.3) is 5.91 Å². The molecule has 1 aromatic heterocycles. The maximum atomic E-state index is 13.8. The van der Waals surface area contributed by atoms with Crippen LogP contribution in [0.5, 0.6) is 0 Å². The second-order valence-electron chi connectivity index (χ2n) is 8.56. The standard InChI is InChI=1S/C28H30N2O/c1-21(2)22(3)30(28(31)27-17-9-14-24-13-7-8-16-26(24)27)20-25-15-10-18-29(25)19-23-11-5-4-6-12-23/h4-18,21-22H,19-20H2,1-3H3/t22-/m0/s1. The summed E-state index contributed by atoms with van der Waals surface area (Å²) in [7, 11) is 0. The number of nitrogens with zero attached hydrogens (tertiary/aromatic N) is 2. The van der Waals surface area contributed by atoms with E-state index in [9.17, 15) is 4.79 Å². The van der Waals surface area contributed by atoms with E-state index in [4.69, 9.17) is 0 Å². The first kappa shape index (κ1) is 20.9. The predicted octanol–water partition coefficient (Wildman–Crippen LogP) is 6.38. The molecule has 1 atom stereocenters. The summed E-state index contributed by atoms with van der Waals surface area (Å²) in [5, 5.41) is 2.11. The molecule has 4 rings (SSSR count). The number of rotatable bonds is 7. The highest BCUT2D eigenvalue weighted by atomic mass is 16.2. The number of carbonyl (C=O) groups excluding carboxylic acids is 1. The first-order valence-corrected chi connectivity index (χ1v) is 11.0. The van der Waals surface area contributed by atoms with Gasteiger partial charge in [-0.25, -0.2) is 0 Å². The second-order valence-corrected chi connectivity index (χ2v) is 8.56. The molecular weight excluding hydrogens is 380 g/mol. The van der Waals surface area contributed by atoms with Crippen LogP contribution in [-0.4, -0.2) is 21.4 Å². The zero-order valence-electron chi connectivity index (χ0n) is 18.5. The lowest BCUT2D eigenvalue weighted by atomic mass is 10.00. The van der Waals surface area contributed by atoms with Crippen LogP contribution in [0.3, 0.4) is 0 Å². The lowest BCUT2D eigenvalue weighted by Crippen LogP contribution is -2.41. The third-order valence-corrected chi connectivity index (χ3v) is 6.19. The van der Waals surface area contributed by atoms with Crippen LogP contribution in [0.1, 0.15) is 42.4 Å². The number of hydrogen-bond acceptors (Lipinski definition) is 1. The molecule has 0 bridgehead atoms. The Morgan fingerprint density at radius 3 is 2.32 bits per heavy atom. The Bertz CT molecular complexity index is 1150. The quantitative estimate of drug-likeness (QED) is 0.347. The number of amides is 1. The summed E-state index contributed by atoms with van der Waals surface area (Å²) in [6.45, 7) is 7.89. The molecule has 0 spiro atoms. The van der Waals surface area contributed by atoms with Crippen molar-refractivity contribution in [1.29, 1.82) is 0 Å². The summed E-state index contributed by atoms with van der Waals surface area (Å²) in [6.07, 6.45) is 2.10. The number of benzene rings is 3. The molecule has 3 aromatic carbocycles. The minimum Gasteiger partial charge on any atom is -0.345 e. The highest BCUT2D eigenvalue weighted by Gasteiger charge is 2.26. The Morgan fingerprint density at radius 2 is 1.55 bits per heavy atom. The maximum absolute atomic E-state index is 13.8. The van der Waals surface area contributed by atoms with Gasteiger partial charge < -0.3 is 9.47 Å². The lowest BCUT2D eigenvalue weighted by Gasteiger charge is -2.33. The normalized spacial score (nSPS) is 12.3. The van der Waals surface area contributed by atoms with Crippen LogP contribution in [0.4, 0.5) is 0 Å². The molecule has 1 amide bonds. The summed E-state index contributed by atoms with van der Waals surface area (Å²) < 4.78 is 2.24. The van der Waals surface area contributed by atoms with E-state index in [1.54, 1.807) is 0 Å². The molecule has 0 aliphatic heterocycles. The van der Waals surface area contributed by atoms with Crippen LogP contribution in [0.15, 0.2) is 91.1 Å². The van der Waals surface area contributed by atoms with Crippen LogP contribution in [0.25, 0.3) is 10.8 Å². The van der Waals surface area contributed by atoms with Crippen molar-refractivity contribution < 1.29 is 4.79 Å². The van der Waals surface area contributed by atoms with Gasteiger partial charge in [-0.05, 0) is 47.4 Å². The molecule has 31 heavy (non-hydrogen) atoms. The average molecular weight is 411 g/mol. The molecule has 0 N–H and O–H groups in total. The third-order valence-electron chi connectivity index (χ3n) is 6.19. The van der Waals surface area contributed by atoms with Gasteiger partial charge in [-0.3, -0.25) is 4.79 Å². The Hall–Kier alpha value is -3.33. The van der Waals surface area contributed by atoms with Crippen LogP contribution < -0.4 is 0 Å². The smallest absolute Gasteiger partial charge is 0.255 e. The van der Waals surface area contributed by atoms with Crippen molar-refractivity contribution in [3.63, 3.8) is 0 Å². The van der Waals surface area contributed by atoms with E-state index in [1.165, 1.54) is 5.56 Å². The van der Waals surface area contributed by atoms with Crippen molar-refractivity contribution in [1.82, 2.24) is 9.47 Å². The summed E-state index contributed by atoms with van der Waals surface area (Å²) in [5.41, 5.74) is 3.17. The van der Waals surface area contributed by atoms with E-state index in [0.29, 0.717) is 12.5 Å². The molecule has 4 aromatic rings. The summed E-state index contributed by atoms with van der Waals surface area (Å²) in [6, 6.07) is 28.9. The van der Waals surface area contributed by atoms with Crippen LogP contribution in [0, 0.1) is 5.92 Å². The summed E-state index contributed by atoms with van der Waals surface area (Å²) >= 11 is 0. The molecule has 0 aliphatic carbocycles. The molecule has 3 nitrogen and oxygen atoms in total. The Kier molecular flexibility index (Phi) is 6.22. The van der Waals surface area contributed by atoms with Gasteiger partial charge in [0, 0.05) is 30.0 Å². The highest BCUT2D eigenvalue weighted by molar-refractivity contribution is 6.07. The van der Waals surface area contributed by atoms with E-state index < -0.39 is 0 Å². The fourth-order valence-corrected chi connectivity index (χ4v) is 4.03. The van der Waals surface area contributed by atoms with Gasteiger partial charge in [0.2, 0.25) is 0 Å². The fourth-order valence-electron chi connectivity index (χ4n) is 4.03. The molecular formula is C28H30N2O. The molecule has 0 unspecified atom stereocenters. The van der Waals surface area contributed by atoms with E-state index in [0.717, 1.165) is 28.6 Å². The van der Waals surface area contributed by atoms with Gasteiger partial charge in [0.15, 0.2) is 0 Å². The molecule has 0 fully saturated rings. The molecule has 0 radical (unpaired) electrons. The average Bonchev–Trinajstić information content (AvgIpc) is 3.23. The summed E-state index contributed by atoms with van der Waals surface area (Å²) in [4.78, 5) is 15.8. The lowest BCUT2D eigenvalue weighted by molar-refractivity contribution is 0.0625. The van der Waals surface area contributed by atoms with E-state index >= 15 is 0 Å². The molecule has 0 saturated carbocycles.